The molecule has 7 nitrogen and oxygen atoms in total. The minimum absolute atomic E-state index is 0.0170. The average molecular weight is 436 g/mol. The monoisotopic (exact) mass is 435 g/mol. The molecule has 144 valence electrons. The highest BCUT2D eigenvalue weighted by atomic mass is 79.9. The summed E-state index contributed by atoms with van der Waals surface area (Å²) in [6, 6.07) is 6.94. The van der Waals surface area contributed by atoms with E-state index >= 15 is 0 Å². The Morgan fingerprint density at radius 2 is 1.96 bits per heavy atom. The highest BCUT2D eigenvalue weighted by molar-refractivity contribution is 9.10. The minimum Gasteiger partial charge on any atom is -0.477 e. The summed E-state index contributed by atoms with van der Waals surface area (Å²) in [6.07, 6.45) is 1.09. The molecular weight excluding hydrogens is 414 g/mol. The molecule has 0 unspecified atom stereocenters. The number of carbonyl (C=O) groups is 2. The van der Waals surface area contributed by atoms with Gasteiger partial charge in [0.1, 0.15) is 17.1 Å². The van der Waals surface area contributed by atoms with Gasteiger partial charge in [-0.15, -0.1) is 0 Å². The van der Waals surface area contributed by atoms with Crippen molar-refractivity contribution in [1.29, 1.82) is 0 Å². The number of rotatable bonds is 3. The first-order valence-corrected chi connectivity index (χ1v) is 9.54. The van der Waals surface area contributed by atoms with Crippen molar-refractivity contribution in [3.05, 3.63) is 40.3 Å². The average Bonchev–Trinajstić information content (AvgIpc) is 3.20. The summed E-state index contributed by atoms with van der Waals surface area (Å²) in [5, 5.41) is 9.58. The summed E-state index contributed by atoms with van der Waals surface area (Å²) in [7, 11) is 0. The normalized spacial score (nSPS) is 17.2. The van der Waals surface area contributed by atoms with Gasteiger partial charge in [0, 0.05) is 16.6 Å². The van der Waals surface area contributed by atoms with Crippen LogP contribution < -0.4 is 0 Å². The summed E-state index contributed by atoms with van der Waals surface area (Å²) in [5.74, 6) is -0.623. The quantitative estimate of drug-likeness (QED) is 0.733. The molecule has 1 atom stereocenters. The minimum atomic E-state index is -1.09. The van der Waals surface area contributed by atoms with Crippen molar-refractivity contribution < 1.29 is 19.4 Å². The second kappa shape index (κ2) is 7.34. The van der Waals surface area contributed by atoms with E-state index in [2.05, 4.69) is 25.9 Å². The molecule has 1 aliphatic rings. The first-order chi connectivity index (χ1) is 12.7. The zero-order valence-corrected chi connectivity index (χ0v) is 17.0. The number of hydrogen-bond acceptors (Lipinski definition) is 4. The molecule has 0 saturated carbocycles. The summed E-state index contributed by atoms with van der Waals surface area (Å²) >= 11 is 3.37. The van der Waals surface area contributed by atoms with E-state index in [0.717, 1.165) is 10.9 Å². The molecule has 1 amide bonds. The summed E-state index contributed by atoms with van der Waals surface area (Å²) in [4.78, 5) is 33.3. The fourth-order valence-electron chi connectivity index (χ4n) is 3.11. The van der Waals surface area contributed by atoms with Crippen molar-refractivity contribution >= 4 is 28.0 Å². The van der Waals surface area contributed by atoms with Gasteiger partial charge in [0.25, 0.3) is 0 Å². The number of nitrogens with one attached hydrogen (secondary N) is 1. The van der Waals surface area contributed by atoms with Crippen LogP contribution >= 0.6 is 15.9 Å². The number of aromatic nitrogens is 2. The number of benzene rings is 1. The SMILES string of the molecule is CC(C)(C)OC(=O)N1CCC[C@H]1c1nc(-c2ccc(Br)cc2)c(C(=O)O)[nH]1. The predicted octanol–water partition coefficient (Wildman–Crippen LogP) is 4.61. The number of likely N-dealkylation sites (tertiary alicyclic amines) is 1. The van der Waals surface area contributed by atoms with Crippen molar-refractivity contribution in [3.8, 4) is 11.3 Å². The van der Waals surface area contributed by atoms with Gasteiger partial charge in [-0.2, -0.15) is 0 Å². The number of carboxylic acid groups (broad SMARTS) is 1. The van der Waals surface area contributed by atoms with Gasteiger partial charge in [0.2, 0.25) is 0 Å². The van der Waals surface area contributed by atoms with Gasteiger partial charge in [-0.1, -0.05) is 28.1 Å². The maximum atomic E-state index is 12.5. The lowest BCUT2D eigenvalue weighted by molar-refractivity contribution is 0.0218. The Balaban J connectivity index is 1.94. The Morgan fingerprint density at radius 1 is 1.30 bits per heavy atom. The third kappa shape index (κ3) is 4.32. The zero-order chi connectivity index (χ0) is 19.8. The van der Waals surface area contributed by atoms with E-state index in [9.17, 15) is 14.7 Å². The Hall–Kier alpha value is -2.35. The number of nitrogens with zero attached hydrogens (tertiary/aromatic N) is 2. The van der Waals surface area contributed by atoms with Gasteiger partial charge in [0.05, 0.1) is 6.04 Å². The maximum Gasteiger partial charge on any atom is 0.410 e. The molecule has 1 saturated heterocycles. The van der Waals surface area contributed by atoms with Crippen LogP contribution in [0.4, 0.5) is 4.79 Å². The van der Waals surface area contributed by atoms with Crippen molar-refractivity contribution in [1.82, 2.24) is 14.9 Å². The molecule has 1 aromatic heterocycles. The Bertz CT molecular complexity index is 855. The summed E-state index contributed by atoms with van der Waals surface area (Å²) < 4.78 is 6.37. The molecule has 0 radical (unpaired) electrons. The van der Waals surface area contributed by atoms with Gasteiger partial charge in [-0.3, -0.25) is 4.90 Å². The number of amides is 1. The van der Waals surface area contributed by atoms with Crippen LogP contribution in [-0.2, 0) is 4.74 Å². The maximum absolute atomic E-state index is 12.5. The molecule has 0 aliphatic carbocycles. The number of H-pyrrole nitrogens is 1. The molecule has 2 N–H and O–H groups in total. The van der Waals surface area contributed by atoms with Gasteiger partial charge >= 0.3 is 12.1 Å². The number of aromatic carboxylic acids is 1. The molecule has 1 aliphatic heterocycles. The highest BCUT2D eigenvalue weighted by Gasteiger charge is 2.36. The standard InChI is InChI=1S/C19H22BrN3O4/c1-19(2,3)27-18(26)23-10-4-5-13(23)16-21-14(15(22-16)17(24)25)11-6-8-12(20)9-7-11/h6-9,13H,4-5,10H2,1-3H3,(H,21,22)(H,24,25)/t13-/m0/s1. The molecule has 8 heteroatoms. The molecule has 27 heavy (non-hydrogen) atoms. The molecule has 0 spiro atoms. The molecule has 1 aromatic carbocycles. The number of carbonyl (C=O) groups excluding carboxylic acids is 1. The van der Waals surface area contributed by atoms with E-state index in [4.69, 9.17) is 4.74 Å². The summed E-state index contributed by atoms with van der Waals surface area (Å²) in [6.45, 7) is 6.00. The van der Waals surface area contributed by atoms with E-state index in [-0.39, 0.29) is 11.7 Å². The topological polar surface area (TPSA) is 95.5 Å². The van der Waals surface area contributed by atoms with Crippen molar-refractivity contribution in [3.63, 3.8) is 0 Å². The lowest BCUT2D eigenvalue weighted by atomic mass is 10.1. The van der Waals surface area contributed by atoms with Crippen LogP contribution in [0.5, 0.6) is 0 Å². The molecular formula is C19H22BrN3O4. The highest BCUT2D eigenvalue weighted by Crippen LogP contribution is 2.34. The van der Waals surface area contributed by atoms with Gasteiger partial charge in [-0.25, -0.2) is 14.6 Å². The van der Waals surface area contributed by atoms with Crippen molar-refractivity contribution in [2.24, 2.45) is 0 Å². The van der Waals surface area contributed by atoms with Gasteiger partial charge in [0.15, 0.2) is 5.69 Å². The second-order valence-electron chi connectivity index (χ2n) is 7.49. The Morgan fingerprint density at radius 3 is 2.56 bits per heavy atom. The molecule has 3 rings (SSSR count). The van der Waals surface area contributed by atoms with Crippen molar-refractivity contribution in [2.45, 2.75) is 45.3 Å². The van der Waals surface area contributed by atoms with E-state index in [1.54, 1.807) is 17.0 Å². The zero-order valence-electron chi connectivity index (χ0n) is 15.5. The number of ether oxygens (including phenoxy) is 1. The third-order valence-electron chi connectivity index (χ3n) is 4.25. The second-order valence-corrected chi connectivity index (χ2v) is 8.41. The third-order valence-corrected chi connectivity index (χ3v) is 4.78. The van der Waals surface area contributed by atoms with Crippen LogP contribution in [0.25, 0.3) is 11.3 Å². The fourth-order valence-corrected chi connectivity index (χ4v) is 3.38. The molecule has 2 aromatic rings. The van der Waals surface area contributed by atoms with Crippen LogP contribution in [-0.4, -0.2) is 44.2 Å². The van der Waals surface area contributed by atoms with Gasteiger partial charge in [-0.05, 0) is 45.7 Å². The first kappa shape index (κ1) is 19.4. The van der Waals surface area contributed by atoms with Crippen LogP contribution in [0.15, 0.2) is 28.7 Å². The van der Waals surface area contributed by atoms with Crippen LogP contribution in [0.3, 0.4) is 0 Å². The van der Waals surface area contributed by atoms with E-state index in [1.165, 1.54) is 0 Å². The first-order valence-electron chi connectivity index (χ1n) is 8.74. The number of halogens is 1. The number of hydrogen-bond donors (Lipinski definition) is 2. The van der Waals surface area contributed by atoms with E-state index in [0.29, 0.717) is 30.0 Å². The molecule has 0 bridgehead atoms. The molecule has 2 heterocycles. The lowest BCUT2D eigenvalue weighted by Crippen LogP contribution is -2.36. The van der Waals surface area contributed by atoms with E-state index in [1.807, 2.05) is 32.9 Å². The fraction of sp³-hybridized carbons (Fsp3) is 0.421. The number of aromatic amines is 1. The van der Waals surface area contributed by atoms with Crippen LogP contribution in [0, 0.1) is 0 Å². The largest absolute Gasteiger partial charge is 0.477 e. The Labute approximate surface area is 165 Å². The van der Waals surface area contributed by atoms with E-state index < -0.39 is 17.7 Å². The smallest absolute Gasteiger partial charge is 0.410 e. The van der Waals surface area contributed by atoms with Crippen molar-refractivity contribution in [2.75, 3.05) is 6.54 Å². The van der Waals surface area contributed by atoms with Crippen LogP contribution in [0.1, 0.15) is 56.0 Å². The lowest BCUT2D eigenvalue weighted by Gasteiger charge is -2.27. The number of carboxylic acids is 1. The predicted molar refractivity (Wildman–Crippen MR) is 104 cm³/mol. The van der Waals surface area contributed by atoms with Gasteiger partial charge < -0.3 is 14.8 Å². The number of imidazole rings is 1. The summed E-state index contributed by atoms with van der Waals surface area (Å²) in [5.41, 5.74) is 0.478. The Kier molecular flexibility index (Phi) is 5.28. The van der Waals surface area contributed by atoms with Crippen LogP contribution in [0.2, 0.25) is 0 Å². The molecule has 1 fully saturated rings.